The van der Waals surface area contributed by atoms with E-state index in [2.05, 4.69) is 14.7 Å². The second kappa shape index (κ2) is 5.24. The molecule has 1 aliphatic heterocycles. The normalized spacial score (nSPS) is 14.9. The summed E-state index contributed by atoms with van der Waals surface area (Å²) in [4.78, 5) is 45.4. The van der Waals surface area contributed by atoms with Crippen molar-refractivity contribution in [3.05, 3.63) is 17.5 Å². The lowest BCUT2D eigenvalue weighted by molar-refractivity contribution is -0.144. The van der Waals surface area contributed by atoms with Crippen LogP contribution in [0.25, 0.3) is 0 Å². The molecule has 0 unspecified atom stereocenters. The molecule has 8 nitrogen and oxygen atoms in total. The number of aryl methyl sites for hydroxylation is 2. The van der Waals surface area contributed by atoms with Crippen LogP contribution in [0.4, 0.5) is 10.7 Å². The van der Waals surface area contributed by atoms with E-state index >= 15 is 0 Å². The van der Waals surface area contributed by atoms with Gasteiger partial charge in [-0.25, -0.2) is 14.8 Å². The van der Waals surface area contributed by atoms with Gasteiger partial charge in [0.25, 0.3) is 5.91 Å². The second-order valence-electron chi connectivity index (χ2n) is 4.38. The summed E-state index contributed by atoms with van der Waals surface area (Å²) in [6, 6.07) is 1.14. The first-order valence-corrected chi connectivity index (χ1v) is 5.93. The van der Waals surface area contributed by atoms with Crippen LogP contribution < -0.4 is 4.90 Å². The van der Waals surface area contributed by atoms with Gasteiger partial charge in [0.15, 0.2) is 0 Å². The second-order valence-corrected chi connectivity index (χ2v) is 4.38. The van der Waals surface area contributed by atoms with E-state index in [4.69, 9.17) is 0 Å². The minimum absolute atomic E-state index is 0.160. The van der Waals surface area contributed by atoms with Crippen molar-refractivity contribution in [1.29, 1.82) is 0 Å². The number of hydrogen-bond donors (Lipinski definition) is 0. The van der Waals surface area contributed by atoms with Crippen molar-refractivity contribution in [2.75, 3.05) is 25.1 Å². The van der Waals surface area contributed by atoms with E-state index in [1.165, 1.54) is 7.11 Å². The molecule has 2 heterocycles. The number of carbonyl (C=O) groups excluding carboxylic acids is 3. The van der Waals surface area contributed by atoms with Gasteiger partial charge in [-0.05, 0) is 19.9 Å². The highest BCUT2D eigenvalue weighted by Gasteiger charge is 2.39. The third kappa shape index (κ3) is 2.58. The molecule has 1 aliphatic rings. The van der Waals surface area contributed by atoms with E-state index in [0.717, 1.165) is 9.80 Å². The molecule has 1 aromatic rings. The predicted octanol–water partition coefficient (Wildman–Crippen LogP) is 0.0350. The van der Waals surface area contributed by atoms with Gasteiger partial charge in [0.2, 0.25) is 5.95 Å². The van der Waals surface area contributed by atoms with Gasteiger partial charge in [-0.15, -0.1) is 0 Å². The number of esters is 1. The van der Waals surface area contributed by atoms with Gasteiger partial charge >= 0.3 is 12.0 Å². The van der Waals surface area contributed by atoms with Crippen LogP contribution in [-0.2, 0) is 14.3 Å². The summed E-state index contributed by atoms with van der Waals surface area (Å²) >= 11 is 0. The van der Waals surface area contributed by atoms with E-state index in [9.17, 15) is 14.4 Å². The van der Waals surface area contributed by atoms with Crippen molar-refractivity contribution in [3.8, 4) is 0 Å². The third-order valence-electron chi connectivity index (χ3n) is 2.78. The standard InChI is InChI=1S/C12H14N4O4/c1-7-4-8(2)14-11(13-7)16-5-9(17)15(12(16)19)6-10(18)20-3/h4H,5-6H2,1-3H3. The lowest BCUT2D eigenvalue weighted by atomic mass is 10.3. The minimum Gasteiger partial charge on any atom is -0.468 e. The summed E-state index contributed by atoms with van der Waals surface area (Å²) in [5.74, 6) is -0.980. The predicted molar refractivity (Wildman–Crippen MR) is 68.0 cm³/mol. The molecule has 0 spiro atoms. The van der Waals surface area contributed by atoms with Crippen LogP contribution in [0.5, 0.6) is 0 Å². The number of nitrogens with zero attached hydrogens (tertiary/aromatic N) is 4. The van der Waals surface area contributed by atoms with E-state index in [0.29, 0.717) is 11.4 Å². The van der Waals surface area contributed by atoms with Crippen LogP contribution in [0.15, 0.2) is 6.07 Å². The molecule has 20 heavy (non-hydrogen) atoms. The molecule has 1 saturated heterocycles. The molecule has 0 bridgehead atoms. The summed E-state index contributed by atoms with van der Waals surface area (Å²) in [5, 5.41) is 0. The average molecular weight is 278 g/mol. The number of urea groups is 1. The third-order valence-corrected chi connectivity index (χ3v) is 2.78. The number of methoxy groups -OCH3 is 1. The van der Waals surface area contributed by atoms with Crippen molar-refractivity contribution in [1.82, 2.24) is 14.9 Å². The Morgan fingerprint density at radius 1 is 1.30 bits per heavy atom. The Labute approximate surface area is 115 Å². The van der Waals surface area contributed by atoms with E-state index < -0.39 is 24.5 Å². The maximum absolute atomic E-state index is 12.1. The van der Waals surface area contributed by atoms with Gasteiger partial charge < -0.3 is 4.74 Å². The number of carbonyl (C=O) groups is 3. The van der Waals surface area contributed by atoms with E-state index in [1.54, 1.807) is 19.9 Å². The summed E-state index contributed by atoms with van der Waals surface area (Å²) < 4.78 is 4.45. The Hall–Kier alpha value is -2.51. The molecule has 3 amide bonds. The molecule has 0 atom stereocenters. The lowest BCUT2D eigenvalue weighted by Gasteiger charge is -2.15. The molecule has 0 aromatic carbocycles. The molecule has 2 rings (SSSR count). The number of rotatable bonds is 3. The fourth-order valence-electron chi connectivity index (χ4n) is 1.87. The van der Waals surface area contributed by atoms with Crippen molar-refractivity contribution < 1.29 is 19.1 Å². The maximum Gasteiger partial charge on any atom is 0.334 e. The average Bonchev–Trinajstić information content (AvgIpc) is 2.65. The Morgan fingerprint density at radius 3 is 2.45 bits per heavy atom. The molecule has 0 saturated carbocycles. The number of aromatic nitrogens is 2. The summed E-state index contributed by atoms with van der Waals surface area (Å²) in [7, 11) is 1.19. The first kappa shape index (κ1) is 13.9. The Kier molecular flexibility index (Phi) is 3.64. The van der Waals surface area contributed by atoms with Gasteiger partial charge in [-0.3, -0.25) is 19.4 Å². The summed E-state index contributed by atoms with van der Waals surface area (Å²) in [6.45, 7) is 2.95. The molecule has 106 valence electrons. The zero-order valence-corrected chi connectivity index (χ0v) is 11.4. The molecular formula is C12H14N4O4. The van der Waals surface area contributed by atoms with Gasteiger partial charge in [-0.1, -0.05) is 0 Å². The topological polar surface area (TPSA) is 92.7 Å². The zero-order chi connectivity index (χ0) is 14.9. The largest absolute Gasteiger partial charge is 0.468 e. The Bertz CT molecular complexity index is 567. The molecule has 1 aromatic heterocycles. The first-order chi connectivity index (χ1) is 9.42. The highest BCUT2D eigenvalue weighted by molar-refractivity contribution is 6.12. The van der Waals surface area contributed by atoms with E-state index in [1.807, 2.05) is 0 Å². The van der Waals surface area contributed by atoms with Crippen LogP contribution >= 0.6 is 0 Å². The molecular weight excluding hydrogens is 264 g/mol. The molecule has 1 fully saturated rings. The number of anilines is 1. The Balaban J connectivity index is 2.25. The highest BCUT2D eigenvalue weighted by atomic mass is 16.5. The minimum atomic E-state index is -0.658. The fourth-order valence-corrected chi connectivity index (χ4v) is 1.87. The van der Waals surface area contributed by atoms with Crippen molar-refractivity contribution >= 4 is 23.9 Å². The molecule has 0 aliphatic carbocycles. The number of imide groups is 1. The molecule has 0 radical (unpaired) electrons. The van der Waals surface area contributed by atoms with Crippen LogP contribution in [0.3, 0.4) is 0 Å². The summed E-state index contributed by atoms with van der Waals surface area (Å²) in [5.41, 5.74) is 1.39. The number of amides is 3. The van der Waals surface area contributed by atoms with Crippen molar-refractivity contribution in [2.24, 2.45) is 0 Å². The van der Waals surface area contributed by atoms with Crippen molar-refractivity contribution in [2.45, 2.75) is 13.8 Å². The molecule has 0 N–H and O–H groups in total. The quantitative estimate of drug-likeness (QED) is 0.572. The van der Waals surface area contributed by atoms with Crippen LogP contribution in [0.2, 0.25) is 0 Å². The SMILES string of the molecule is COC(=O)CN1C(=O)CN(c2nc(C)cc(C)n2)C1=O. The summed E-state index contributed by atoms with van der Waals surface area (Å²) in [6.07, 6.45) is 0. The van der Waals surface area contributed by atoms with Gasteiger partial charge in [0.1, 0.15) is 13.1 Å². The van der Waals surface area contributed by atoms with Gasteiger partial charge in [-0.2, -0.15) is 0 Å². The monoisotopic (exact) mass is 278 g/mol. The molecule has 8 heteroatoms. The lowest BCUT2D eigenvalue weighted by Crippen LogP contribution is -2.37. The smallest absolute Gasteiger partial charge is 0.334 e. The van der Waals surface area contributed by atoms with Crippen LogP contribution in [0.1, 0.15) is 11.4 Å². The number of ether oxygens (including phenoxy) is 1. The maximum atomic E-state index is 12.1. The highest BCUT2D eigenvalue weighted by Crippen LogP contribution is 2.17. The Morgan fingerprint density at radius 2 is 1.90 bits per heavy atom. The van der Waals surface area contributed by atoms with Gasteiger partial charge in [0, 0.05) is 11.4 Å². The fraction of sp³-hybridized carbons (Fsp3) is 0.417. The van der Waals surface area contributed by atoms with E-state index in [-0.39, 0.29) is 12.5 Å². The van der Waals surface area contributed by atoms with Crippen LogP contribution in [0, 0.1) is 13.8 Å². The number of hydrogen-bond acceptors (Lipinski definition) is 6. The first-order valence-electron chi connectivity index (χ1n) is 5.93. The zero-order valence-electron chi connectivity index (χ0n) is 11.4. The van der Waals surface area contributed by atoms with Crippen molar-refractivity contribution in [3.63, 3.8) is 0 Å². The van der Waals surface area contributed by atoms with Gasteiger partial charge in [0.05, 0.1) is 7.11 Å². The van der Waals surface area contributed by atoms with Crippen LogP contribution in [-0.4, -0.2) is 53.0 Å².